The number of halogens is 4. The molecule has 0 aliphatic carbocycles. The smallest absolute Gasteiger partial charge is 0.403 e. The van der Waals surface area contributed by atoms with Gasteiger partial charge in [-0.05, 0) is 6.92 Å². The van der Waals surface area contributed by atoms with Gasteiger partial charge >= 0.3 is 6.36 Å². The Kier molecular flexibility index (Phi) is 2.75. The number of rotatable bonds is 1. The molecule has 0 aliphatic rings. The van der Waals surface area contributed by atoms with E-state index in [4.69, 9.17) is 17.3 Å². The topological polar surface area (TPSA) is 48.1 Å². The minimum absolute atomic E-state index is 0.204. The molecule has 0 bridgehead atoms. The molecule has 0 spiro atoms. The first-order valence-corrected chi connectivity index (χ1v) is 3.86. The quantitative estimate of drug-likeness (QED) is 0.749. The molecule has 2 N–H and O–H groups in total. The molecule has 0 atom stereocenters. The van der Waals surface area contributed by atoms with Crippen molar-refractivity contribution in [1.82, 2.24) is 4.98 Å². The molecule has 0 unspecified atom stereocenters. The maximum absolute atomic E-state index is 11.8. The number of hydrogen-bond donors (Lipinski definition) is 1. The van der Waals surface area contributed by atoms with Gasteiger partial charge < -0.3 is 10.5 Å². The Bertz CT molecular complexity index is 354. The molecule has 0 radical (unpaired) electrons. The number of aryl methyl sites for hydroxylation is 1. The summed E-state index contributed by atoms with van der Waals surface area (Å²) in [7, 11) is 0. The molecule has 0 saturated heterocycles. The second-order valence-corrected chi connectivity index (χ2v) is 2.87. The van der Waals surface area contributed by atoms with Crippen LogP contribution in [0.25, 0.3) is 0 Å². The highest BCUT2D eigenvalue weighted by Crippen LogP contribution is 2.32. The highest BCUT2D eigenvalue weighted by Gasteiger charge is 2.32. The Balaban J connectivity index is 3.09. The first kappa shape index (κ1) is 10.9. The number of aromatic nitrogens is 1. The minimum Gasteiger partial charge on any atom is -0.403 e. The summed E-state index contributed by atoms with van der Waals surface area (Å²) >= 11 is 5.46. The van der Waals surface area contributed by atoms with Gasteiger partial charge in [-0.2, -0.15) is 0 Å². The fraction of sp³-hybridized carbons (Fsp3) is 0.286. The van der Waals surface area contributed by atoms with Gasteiger partial charge in [0.1, 0.15) is 5.69 Å². The number of ether oxygens (including phenoxy) is 1. The molecule has 0 saturated carbocycles. The van der Waals surface area contributed by atoms with E-state index in [1.54, 1.807) is 0 Å². The molecule has 3 nitrogen and oxygen atoms in total. The molecule has 0 aliphatic heterocycles. The Labute approximate surface area is 82.6 Å². The number of nitrogens with two attached hydrogens (primary N) is 1. The van der Waals surface area contributed by atoms with Crippen molar-refractivity contribution in [2.45, 2.75) is 13.3 Å². The Hall–Kier alpha value is -1.17. The molecule has 1 aromatic heterocycles. The fourth-order valence-electron chi connectivity index (χ4n) is 0.826. The molecule has 7 heteroatoms. The number of pyridine rings is 1. The monoisotopic (exact) mass is 226 g/mol. The van der Waals surface area contributed by atoms with Gasteiger partial charge in [-0.15, -0.1) is 13.2 Å². The minimum atomic E-state index is -4.79. The molecule has 78 valence electrons. The molecule has 1 heterocycles. The molecule has 0 amide bonds. The van der Waals surface area contributed by atoms with Crippen LogP contribution in [-0.4, -0.2) is 11.3 Å². The van der Waals surface area contributed by atoms with Crippen LogP contribution in [0.5, 0.6) is 5.75 Å². The summed E-state index contributed by atoms with van der Waals surface area (Å²) in [6.45, 7) is 1.48. The van der Waals surface area contributed by atoms with Crippen molar-refractivity contribution in [2.24, 2.45) is 0 Å². The van der Waals surface area contributed by atoms with Gasteiger partial charge in [0.15, 0.2) is 10.9 Å². The lowest BCUT2D eigenvalue weighted by molar-refractivity contribution is -0.274. The third-order valence-corrected chi connectivity index (χ3v) is 1.62. The van der Waals surface area contributed by atoms with Crippen molar-refractivity contribution < 1.29 is 17.9 Å². The van der Waals surface area contributed by atoms with Crippen LogP contribution in [0.2, 0.25) is 5.15 Å². The Morgan fingerprint density at radius 2 is 2.07 bits per heavy atom. The fourth-order valence-corrected chi connectivity index (χ4v) is 1.05. The van der Waals surface area contributed by atoms with Gasteiger partial charge in [-0.1, -0.05) is 11.6 Å². The zero-order valence-corrected chi connectivity index (χ0v) is 7.78. The summed E-state index contributed by atoms with van der Waals surface area (Å²) in [5.74, 6) is -0.532. The van der Waals surface area contributed by atoms with Crippen LogP contribution in [0, 0.1) is 6.92 Å². The van der Waals surface area contributed by atoms with E-state index < -0.39 is 12.1 Å². The van der Waals surface area contributed by atoms with Crippen molar-refractivity contribution in [3.63, 3.8) is 0 Å². The molecular weight excluding hydrogens is 221 g/mol. The number of nitrogen functional groups attached to an aromatic ring is 1. The van der Waals surface area contributed by atoms with Gasteiger partial charge in [0, 0.05) is 11.8 Å². The van der Waals surface area contributed by atoms with Crippen LogP contribution in [0.4, 0.5) is 18.9 Å². The van der Waals surface area contributed by atoms with Gasteiger partial charge in [0.2, 0.25) is 0 Å². The summed E-state index contributed by atoms with van der Waals surface area (Å²) in [6, 6.07) is 1.06. The zero-order chi connectivity index (χ0) is 10.9. The van der Waals surface area contributed by atoms with E-state index in [1.165, 1.54) is 6.92 Å². The summed E-state index contributed by atoms with van der Waals surface area (Å²) in [4.78, 5) is 3.66. The first-order chi connectivity index (χ1) is 6.29. The van der Waals surface area contributed by atoms with E-state index in [-0.39, 0.29) is 10.8 Å². The van der Waals surface area contributed by atoms with Gasteiger partial charge in [-0.25, -0.2) is 4.98 Å². The second-order valence-electron chi connectivity index (χ2n) is 2.51. The van der Waals surface area contributed by atoms with Crippen LogP contribution in [0.3, 0.4) is 0 Å². The lowest BCUT2D eigenvalue weighted by atomic mass is 10.3. The predicted molar refractivity (Wildman–Crippen MR) is 45.1 cm³/mol. The molecule has 0 aromatic carbocycles. The Morgan fingerprint density at radius 3 is 2.57 bits per heavy atom. The van der Waals surface area contributed by atoms with Gasteiger partial charge in [0.05, 0.1) is 0 Å². The molecular formula is C7H6ClF3N2O. The van der Waals surface area contributed by atoms with Crippen molar-refractivity contribution in [3.05, 3.63) is 16.9 Å². The van der Waals surface area contributed by atoms with E-state index >= 15 is 0 Å². The lowest BCUT2D eigenvalue weighted by Gasteiger charge is -2.11. The largest absolute Gasteiger partial charge is 0.573 e. The van der Waals surface area contributed by atoms with Crippen molar-refractivity contribution >= 4 is 17.3 Å². The van der Waals surface area contributed by atoms with Crippen LogP contribution in [0.15, 0.2) is 6.07 Å². The zero-order valence-electron chi connectivity index (χ0n) is 7.02. The van der Waals surface area contributed by atoms with Crippen LogP contribution in [-0.2, 0) is 0 Å². The van der Waals surface area contributed by atoms with Crippen molar-refractivity contribution in [2.75, 3.05) is 5.73 Å². The van der Waals surface area contributed by atoms with E-state index in [9.17, 15) is 13.2 Å². The molecule has 1 rings (SSSR count). The van der Waals surface area contributed by atoms with E-state index in [0.717, 1.165) is 6.07 Å². The normalized spacial score (nSPS) is 11.5. The van der Waals surface area contributed by atoms with Crippen LogP contribution in [0.1, 0.15) is 5.69 Å². The van der Waals surface area contributed by atoms with E-state index in [2.05, 4.69) is 9.72 Å². The average molecular weight is 227 g/mol. The molecule has 14 heavy (non-hydrogen) atoms. The average Bonchev–Trinajstić information content (AvgIpc) is 1.96. The van der Waals surface area contributed by atoms with Crippen molar-refractivity contribution in [1.29, 1.82) is 0 Å². The third kappa shape index (κ3) is 2.66. The number of hydrogen-bond acceptors (Lipinski definition) is 3. The SMILES string of the molecule is Cc1cc(OC(F)(F)F)c(N)c(Cl)n1. The summed E-state index contributed by atoms with van der Waals surface area (Å²) in [5, 5.41) is -0.204. The lowest BCUT2D eigenvalue weighted by Crippen LogP contribution is -2.18. The standard InChI is InChI=1S/C7H6ClF3N2O/c1-3-2-4(14-7(9,10)11)5(12)6(8)13-3/h2H,12H2,1H3. The van der Waals surface area contributed by atoms with Crippen LogP contribution >= 0.6 is 11.6 Å². The molecule has 1 aromatic rings. The summed E-state index contributed by atoms with van der Waals surface area (Å²) < 4.78 is 39.2. The number of alkyl halides is 3. The van der Waals surface area contributed by atoms with E-state index in [0.29, 0.717) is 5.69 Å². The highest BCUT2D eigenvalue weighted by atomic mass is 35.5. The first-order valence-electron chi connectivity index (χ1n) is 3.48. The summed E-state index contributed by atoms with van der Waals surface area (Å²) in [6.07, 6.45) is -4.79. The molecule has 0 fully saturated rings. The van der Waals surface area contributed by atoms with Crippen molar-refractivity contribution in [3.8, 4) is 5.75 Å². The maximum Gasteiger partial charge on any atom is 0.573 e. The number of anilines is 1. The number of nitrogens with zero attached hydrogens (tertiary/aromatic N) is 1. The maximum atomic E-state index is 11.8. The third-order valence-electron chi connectivity index (χ3n) is 1.33. The Morgan fingerprint density at radius 1 is 1.50 bits per heavy atom. The van der Waals surface area contributed by atoms with Gasteiger partial charge in [-0.3, -0.25) is 0 Å². The predicted octanol–water partition coefficient (Wildman–Crippen LogP) is 2.52. The highest BCUT2D eigenvalue weighted by molar-refractivity contribution is 6.32. The van der Waals surface area contributed by atoms with Gasteiger partial charge in [0.25, 0.3) is 0 Å². The summed E-state index contributed by atoms with van der Waals surface area (Å²) in [5.41, 5.74) is 5.21. The van der Waals surface area contributed by atoms with Crippen LogP contribution < -0.4 is 10.5 Å². The van der Waals surface area contributed by atoms with E-state index in [1.807, 2.05) is 0 Å². The second kappa shape index (κ2) is 3.53.